The number of nitrogens with one attached hydrogen (secondary N) is 2. The van der Waals surface area contributed by atoms with E-state index in [4.69, 9.17) is 10.00 Å². The third-order valence-corrected chi connectivity index (χ3v) is 4.75. The number of nitriles is 1. The molecule has 1 fully saturated rings. The van der Waals surface area contributed by atoms with Crippen LogP contribution >= 0.6 is 0 Å². The standard InChI is InChI=1S/C18H14F2N4O2/c1-8-4-9(5-21)6-22-17(8)24-18(25)23-15-10-7-26-16-12(20)3-2-11(19)14(16)13(10)15/h2-4,6,10,13,15H,7H2,1H3,(H2,22,23,24,25). The highest BCUT2D eigenvalue weighted by molar-refractivity contribution is 5.89. The molecule has 0 radical (unpaired) electrons. The molecule has 1 aromatic carbocycles. The van der Waals surface area contributed by atoms with Crippen LogP contribution in [0, 0.1) is 35.8 Å². The normalized spacial score (nSPS) is 22.3. The van der Waals surface area contributed by atoms with Crippen LogP contribution in [0.4, 0.5) is 19.4 Å². The zero-order valence-electron chi connectivity index (χ0n) is 13.7. The summed E-state index contributed by atoms with van der Waals surface area (Å²) in [5.41, 5.74) is 1.22. The van der Waals surface area contributed by atoms with E-state index in [2.05, 4.69) is 15.6 Å². The molecule has 132 valence electrons. The van der Waals surface area contributed by atoms with Gasteiger partial charge >= 0.3 is 6.03 Å². The van der Waals surface area contributed by atoms with Crippen LogP contribution in [-0.4, -0.2) is 23.7 Å². The first-order valence-corrected chi connectivity index (χ1v) is 8.04. The minimum absolute atomic E-state index is 0.0689. The molecule has 2 N–H and O–H groups in total. The van der Waals surface area contributed by atoms with Gasteiger partial charge in [0.25, 0.3) is 0 Å². The van der Waals surface area contributed by atoms with Crippen molar-refractivity contribution in [1.29, 1.82) is 5.26 Å². The van der Waals surface area contributed by atoms with Gasteiger partial charge in [-0.05, 0) is 30.7 Å². The molecule has 1 saturated carbocycles. The molecule has 1 aliphatic carbocycles. The van der Waals surface area contributed by atoms with Gasteiger partial charge < -0.3 is 10.1 Å². The Balaban J connectivity index is 1.47. The Kier molecular flexibility index (Phi) is 3.72. The number of benzene rings is 1. The topological polar surface area (TPSA) is 87.0 Å². The lowest BCUT2D eigenvalue weighted by Crippen LogP contribution is -2.33. The van der Waals surface area contributed by atoms with Crippen molar-refractivity contribution in [2.24, 2.45) is 5.92 Å². The number of nitrogens with zero attached hydrogens (tertiary/aromatic N) is 2. The number of amides is 2. The summed E-state index contributed by atoms with van der Waals surface area (Å²) in [6, 6.07) is 4.85. The molecule has 2 aliphatic rings. The predicted octanol–water partition coefficient (Wildman–Crippen LogP) is 2.84. The van der Waals surface area contributed by atoms with Gasteiger partial charge in [0.1, 0.15) is 17.7 Å². The SMILES string of the molecule is Cc1cc(C#N)cnc1NC(=O)NC1C2COc3c(F)ccc(F)c3C21. The summed E-state index contributed by atoms with van der Waals surface area (Å²) in [6.45, 7) is 1.94. The van der Waals surface area contributed by atoms with Crippen molar-refractivity contribution in [3.8, 4) is 11.8 Å². The van der Waals surface area contributed by atoms with Gasteiger partial charge in [0.05, 0.1) is 12.2 Å². The van der Waals surface area contributed by atoms with Crippen molar-refractivity contribution in [2.45, 2.75) is 18.9 Å². The molecule has 2 aromatic rings. The van der Waals surface area contributed by atoms with Gasteiger partial charge in [-0.25, -0.2) is 18.6 Å². The number of carbonyl (C=O) groups is 1. The Hall–Kier alpha value is -3.21. The smallest absolute Gasteiger partial charge is 0.320 e. The van der Waals surface area contributed by atoms with Crippen LogP contribution in [0.25, 0.3) is 0 Å². The van der Waals surface area contributed by atoms with E-state index in [0.29, 0.717) is 16.9 Å². The lowest BCUT2D eigenvalue weighted by atomic mass is 10.0. The summed E-state index contributed by atoms with van der Waals surface area (Å²) in [7, 11) is 0. The number of pyridine rings is 1. The van der Waals surface area contributed by atoms with E-state index in [1.165, 1.54) is 6.20 Å². The van der Waals surface area contributed by atoms with Crippen LogP contribution < -0.4 is 15.4 Å². The van der Waals surface area contributed by atoms with Crippen LogP contribution in [0.15, 0.2) is 24.4 Å². The number of urea groups is 1. The maximum absolute atomic E-state index is 14.1. The van der Waals surface area contributed by atoms with Crippen LogP contribution in [0.2, 0.25) is 0 Å². The predicted molar refractivity (Wildman–Crippen MR) is 87.7 cm³/mol. The molecule has 26 heavy (non-hydrogen) atoms. The number of aromatic nitrogens is 1. The van der Waals surface area contributed by atoms with E-state index in [1.807, 2.05) is 6.07 Å². The highest BCUT2D eigenvalue weighted by Gasteiger charge is 2.57. The Morgan fingerprint density at radius 1 is 1.38 bits per heavy atom. The summed E-state index contributed by atoms with van der Waals surface area (Å²) < 4.78 is 33.2. The molecule has 3 unspecified atom stereocenters. The molecule has 4 rings (SSSR count). The molecule has 2 amide bonds. The molecule has 1 aliphatic heterocycles. The second-order valence-electron chi connectivity index (χ2n) is 6.40. The summed E-state index contributed by atoms with van der Waals surface area (Å²) in [6.07, 6.45) is 1.36. The second-order valence-corrected chi connectivity index (χ2v) is 6.40. The van der Waals surface area contributed by atoms with E-state index in [9.17, 15) is 13.6 Å². The Labute approximate surface area is 147 Å². The Bertz CT molecular complexity index is 957. The lowest BCUT2D eigenvalue weighted by molar-refractivity contribution is 0.247. The van der Waals surface area contributed by atoms with E-state index in [0.717, 1.165) is 12.1 Å². The van der Waals surface area contributed by atoms with Gasteiger partial charge in [-0.1, -0.05) is 0 Å². The van der Waals surface area contributed by atoms with Gasteiger partial charge in [-0.3, -0.25) is 5.32 Å². The first-order chi connectivity index (χ1) is 12.5. The van der Waals surface area contributed by atoms with Gasteiger partial charge in [0, 0.05) is 29.6 Å². The number of carbonyl (C=O) groups excluding carboxylic acids is 1. The Morgan fingerprint density at radius 2 is 2.15 bits per heavy atom. The minimum Gasteiger partial charge on any atom is -0.490 e. The fourth-order valence-corrected chi connectivity index (χ4v) is 3.42. The van der Waals surface area contributed by atoms with Crippen LogP contribution in [0.3, 0.4) is 0 Å². The molecule has 0 saturated heterocycles. The van der Waals surface area contributed by atoms with E-state index >= 15 is 0 Å². The third-order valence-electron chi connectivity index (χ3n) is 4.75. The maximum Gasteiger partial charge on any atom is 0.320 e. The Morgan fingerprint density at radius 3 is 2.88 bits per heavy atom. The highest BCUT2D eigenvalue weighted by atomic mass is 19.1. The zero-order valence-corrected chi connectivity index (χ0v) is 13.7. The second kappa shape index (κ2) is 5.95. The number of hydrogen-bond donors (Lipinski definition) is 2. The summed E-state index contributed by atoms with van der Waals surface area (Å²) in [5, 5.41) is 14.2. The van der Waals surface area contributed by atoms with Crippen molar-refractivity contribution in [2.75, 3.05) is 11.9 Å². The summed E-state index contributed by atoms with van der Waals surface area (Å²) in [4.78, 5) is 16.3. The van der Waals surface area contributed by atoms with Crippen molar-refractivity contribution in [3.05, 3.63) is 52.7 Å². The number of halogens is 2. The van der Waals surface area contributed by atoms with Gasteiger partial charge in [0.2, 0.25) is 0 Å². The summed E-state index contributed by atoms with van der Waals surface area (Å²) >= 11 is 0. The van der Waals surface area contributed by atoms with Crippen molar-refractivity contribution in [3.63, 3.8) is 0 Å². The number of hydrogen-bond acceptors (Lipinski definition) is 4. The van der Waals surface area contributed by atoms with E-state index < -0.39 is 17.7 Å². The number of rotatable bonds is 2. The first kappa shape index (κ1) is 16.3. The van der Waals surface area contributed by atoms with E-state index in [-0.39, 0.29) is 35.8 Å². The molecule has 1 aromatic heterocycles. The van der Waals surface area contributed by atoms with Crippen molar-refractivity contribution >= 4 is 11.8 Å². The number of ether oxygens (including phenoxy) is 1. The van der Waals surface area contributed by atoms with Crippen LogP contribution in [0.1, 0.15) is 22.6 Å². The molecule has 3 atom stereocenters. The summed E-state index contributed by atoms with van der Waals surface area (Å²) in [5.74, 6) is -1.29. The third kappa shape index (κ3) is 2.62. The van der Waals surface area contributed by atoms with Crippen molar-refractivity contribution < 1.29 is 18.3 Å². The lowest BCUT2D eigenvalue weighted by Gasteiger charge is -2.16. The molecule has 8 heteroatoms. The zero-order chi connectivity index (χ0) is 18.4. The molecule has 0 bridgehead atoms. The highest BCUT2D eigenvalue weighted by Crippen LogP contribution is 2.55. The molecular weight excluding hydrogens is 342 g/mol. The largest absolute Gasteiger partial charge is 0.490 e. The van der Waals surface area contributed by atoms with E-state index in [1.54, 1.807) is 13.0 Å². The fraction of sp³-hybridized carbons (Fsp3) is 0.278. The first-order valence-electron chi connectivity index (χ1n) is 8.04. The molecule has 0 spiro atoms. The molecule has 6 nitrogen and oxygen atoms in total. The van der Waals surface area contributed by atoms with Crippen molar-refractivity contribution in [1.82, 2.24) is 10.3 Å². The van der Waals surface area contributed by atoms with Gasteiger partial charge in [0.15, 0.2) is 11.6 Å². The van der Waals surface area contributed by atoms with Crippen LogP contribution in [-0.2, 0) is 0 Å². The quantitative estimate of drug-likeness (QED) is 0.866. The number of anilines is 1. The van der Waals surface area contributed by atoms with Gasteiger partial charge in [-0.2, -0.15) is 5.26 Å². The number of aryl methyl sites for hydroxylation is 1. The monoisotopic (exact) mass is 356 g/mol. The molecule has 2 heterocycles. The molecular formula is C18H14F2N4O2. The number of fused-ring (bicyclic) bond motifs is 3. The minimum atomic E-state index is -0.604. The average molecular weight is 356 g/mol. The van der Waals surface area contributed by atoms with Gasteiger partial charge in [-0.15, -0.1) is 0 Å². The average Bonchev–Trinajstić information content (AvgIpc) is 3.32. The fourth-order valence-electron chi connectivity index (χ4n) is 3.42. The maximum atomic E-state index is 14.1. The van der Waals surface area contributed by atoms with Crippen LogP contribution in [0.5, 0.6) is 5.75 Å².